The molecule has 0 aliphatic heterocycles. The van der Waals surface area contributed by atoms with Gasteiger partial charge in [-0.25, -0.2) is 8.42 Å². The zero-order valence-electron chi connectivity index (χ0n) is 16.2. The van der Waals surface area contributed by atoms with Crippen LogP contribution in [-0.4, -0.2) is 38.3 Å². The highest BCUT2D eigenvalue weighted by molar-refractivity contribution is 7.89. The van der Waals surface area contributed by atoms with Crippen molar-refractivity contribution in [3.05, 3.63) is 59.1 Å². The molecule has 2 rings (SSSR count). The van der Waals surface area contributed by atoms with E-state index >= 15 is 0 Å². The van der Waals surface area contributed by atoms with Gasteiger partial charge in [0.15, 0.2) is 6.61 Å². The van der Waals surface area contributed by atoms with E-state index in [0.717, 1.165) is 5.56 Å². The molecule has 0 fully saturated rings. The van der Waals surface area contributed by atoms with Gasteiger partial charge in [-0.05, 0) is 30.7 Å². The second-order valence-electron chi connectivity index (χ2n) is 6.17. The van der Waals surface area contributed by atoms with Crippen molar-refractivity contribution in [2.75, 3.05) is 19.7 Å². The lowest BCUT2D eigenvalue weighted by Crippen LogP contribution is -2.33. The number of benzene rings is 2. The molecule has 8 heteroatoms. The van der Waals surface area contributed by atoms with E-state index in [2.05, 4.69) is 5.32 Å². The van der Waals surface area contributed by atoms with Crippen molar-refractivity contribution in [3.8, 4) is 5.75 Å². The Morgan fingerprint density at radius 2 is 1.79 bits per heavy atom. The summed E-state index contributed by atoms with van der Waals surface area (Å²) in [7, 11) is -3.78. The summed E-state index contributed by atoms with van der Waals surface area (Å²) in [5, 5.41) is 3.11. The molecule has 0 aromatic heterocycles. The summed E-state index contributed by atoms with van der Waals surface area (Å²) in [6, 6.07) is 13.7. The molecule has 0 saturated carbocycles. The minimum atomic E-state index is -3.78. The van der Waals surface area contributed by atoms with Crippen LogP contribution in [-0.2, 0) is 14.8 Å². The number of hydrogen-bond acceptors (Lipinski definition) is 4. The fourth-order valence-corrected chi connectivity index (χ4v) is 4.61. The van der Waals surface area contributed by atoms with Crippen molar-refractivity contribution in [2.45, 2.75) is 31.7 Å². The van der Waals surface area contributed by atoms with Crippen molar-refractivity contribution in [1.29, 1.82) is 0 Å². The molecule has 1 N–H and O–H groups in total. The zero-order valence-corrected chi connectivity index (χ0v) is 17.8. The molecule has 0 aliphatic carbocycles. The quantitative estimate of drug-likeness (QED) is 0.667. The summed E-state index contributed by atoms with van der Waals surface area (Å²) in [5.41, 5.74) is 0.965. The minimum absolute atomic E-state index is 0.0485. The van der Waals surface area contributed by atoms with Gasteiger partial charge in [-0.2, -0.15) is 4.31 Å². The van der Waals surface area contributed by atoms with Crippen LogP contribution in [0.15, 0.2) is 53.4 Å². The first-order valence-electron chi connectivity index (χ1n) is 9.06. The second-order valence-corrected chi connectivity index (χ2v) is 8.51. The van der Waals surface area contributed by atoms with Crippen molar-refractivity contribution in [1.82, 2.24) is 9.62 Å². The average Bonchev–Trinajstić information content (AvgIpc) is 2.68. The van der Waals surface area contributed by atoms with E-state index in [0.29, 0.717) is 13.1 Å². The van der Waals surface area contributed by atoms with Gasteiger partial charge in [0.25, 0.3) is 5.91 Å². The van der Waals surface area contributed by atoms with Gasteiger partial charge in [0.05, 0.1) is 6.04 Å². The summed E-state index contributed by atoms with van der Waals surface area (Å²) >= 11 is 6.00. The molecule has 28 heavy (non-hydrogen) atoms. The van der Waals surface area contributed by atoms with E-state index in [9.17, 15) is 13.2 Å². The van der Waals surface area contributed by atoms with Crippen molar-refractivity contribution in [3.63, 3.8) is 0 Å². The Morgan fingerprint density at radius 1 is 1.14 bits per heavy atom. The fraction of sp³-hybridized carbons (Fsp3) is 0.350. The van der Waals surface area contributed by atoms with Crippen LogP contribution in [0.2, 0.25) is 5.02 Å². The SMILES string of the molecule is CCN(CC)S(=O)(=O)c1cc(Cl)ccc1OCC(=O)NC(C)c1ccccc1. The summed E-state index contributed by atoms with van der Waals surface area (Å²) < 4.78 is 32.6. The van der Waals surface area contributed by atoms with Crippen LogP contribution in [0.4, 0.5) is 0 Å². The lowest BCUT2D eigenvalue weighted by Gasteiger charge is -2.21. The molecule has 152 valence electrons. The molecule has 2 aromatic rings. The molecule has 0 saturated heterocycles. The lowest BCUT2D eigenvalue weighted by atomic mass is 10.1. The molecular weight excluding hydrogens is 400 g/mol. The first-order valence-corrected chi connectivity index (χ1v) is 10.9. The molecule has 0 aliphatic rings. The maximum atomic E-state index is 12.9. The van der Waals surface area contributed by atoms with E-state index in [-0.39, 0.29) is 34.2 Å². The highest BCUT2D eigenvalue weighted by atomic mass is 35.5. The fourth-order valence-electron chi connectivity index (χ4n) is 2.76. The van der Waals surface area contributed by atoms with E-state index in [1.165, 1.54) is 22.5 Å². The topological polar surface area (TPSA) is 75.7 Å². The predicted octanol–water partition coefficient (Wildman–Crippen LogP) is 3.63. The van der Waals surface area contributed by atoms with Crippen LogP contribution >= 0.6 is 11.6 Å². The van der Waals surface area contributed by atoms with Gasteiger partial charge in [-0.1, -0.05) is 55.8 Å². The molecule has 1 unspecified atom stereocenters. The third-order valence-corrected chi connectivity index (χ3v) is 6.57. The van der Waals surface area contributed by atoms with Gasteiger partial charge in [-0.3, -0.25) is 4.79 Å². The van der Waals surface area contributed by atoms with Gasteiger partial charge in [0.1, 0.15) is 10.6 Å². The number of nitrogens with zero attached hydrogens (tertiary/aromatic N) is 1. The van der Waals surface area contributed by atoms with Crippen LogP contribution < -0.4 is 10.1 Å². The van der Waals surface area contributed by atoms with Crippen LogP contribution in [0.3, 0.4) is 0 Å². The molecule has 1 atom stereocenters. The highest BCUT2D eigenvalue weighted by Gasteiger charge is 2.26. The highest BCUT2D eigenvalue weighted by Crippen LogP contribution is 2.29. The number of amides is 1. The number of carbonyl (C=O) groups excluding carboxylic acids is 1. The van der Waals surface area contributed by atoms with E-state index in [1.807, 2.05) is 37.3 Å². The average molecular weight is 425 g/mol. The minimum Gasteiger partial charge on any atom is -0.482 e. The Hall–Kier alpha value is -2.09. The van der Waals surface area contributed by atoms with Gasteiger partial charge >= 0.3 is 0 Å². The normalized spacial score (nSPS) is 12.6. The molecular formula is C20H25ClN2O4S. The van der Waals surface area contributed by atoms with E-state index in [1.54, 1.807) is 13.8 Å². The number of hydrogen-bond donors (Lipinski definition) is 1. The number of ether oxygens (including phenoxy) is 1. The number of sulfonamides is 1. The largest absolute Gasteiger partial charge is 0.482 e. The van der Waals surface area contributed by atoms with Crippen molar-refractivity contribution in [2.24, 2.45) is 0 Å². The Morgan fingerprint density at radius 3 is 2.39 bits per heavy atom. The molecule has 6 nitrogen and oxygen atoms in total. The molecule has 1 amide bonds. The third-order valence-electron chi connectivity index (χ3n) is 4.26. The van der Waals surface area contributed by atoms with Crippen molar-refractivity contribution < 1.29 is 17.9 Å². The molecule has 0 bridgehead atoms. The summed E-state index contributed by atoms with van der Waals surface area (Å²) in [5.74, 6) is -0.253. The lowest BCUT2D eigenvalue weighted by molar-refractivity contribution is -0.123. The maximum absolute atomic E-state index is 12.9. The molecule has 0 spiro atoms. The monoisotopic (exact) mass is 424 g/mol. The van der Waals surface area contributed by atoms with Crippen LogP contribution in [0.5, 0.6) is 5.75 Å². The first-order chi connectivity index (χ1) is 13.3. The Labute approximate surface area is 171 Å². The van der Waals surface area contributed by atoms with Gasteiger partial charge in [0.2, 0.25) is 10.0 Å². The third kappa shape index (κ3) is 5.47. The Bertz CT molecular complexity index is 900. The van der Waals surface area contributed by atoms with Gasteiger partial charge < -0.3 is 10.1 Å². The molecule has 2 aromatic carbocycles. The zero-order chi connectivity index (χ0) is 20.7. The van der Waals surface area contributed by atoms with Crippen LogP contribution in [0.1, 0.15) is 32.4 Å². The summed E-state index contributed by atoms with van der Waals surface area (Å²) in [6.07, 6.45) is 0. The van der Waals surface area contributed by atoms with E-state index < -0.39 is 10.0 Å². The molecule has 0 radical (unpaired) electrons. The van der Waals surface area contributed by atoms with Crippen molar-refractivity contribution >= 4 is 27.5 Å². The summed E-state index contributed by atoms with van der Waals surface area (Å²) in [4.78, 5) is 12.2. The predicted molar refractivity (Wildman–Crippen MR) is 110 cm³/mol. The summed E-state index contributed by atoms with van der Waals surface area (Å²) in [6.45, 7) is 5.71. The number of rotatable bonds is 9. The van der Waals surface area contributed by atoms with Crippen LogP contribution in [0.25, 0.3) is 0 Å². The van der Waals surface area contributed by atoms with Gasteiger partial charge in [0, 0.05) is 18.1 Å². The molecule has 0 heterocycles. The number of halogens is 1. The van der Waals surface area contributed by atoms with E-state index in [4.69, 9.17) is 16.3 Å². The second kappa shape index (κ2) is 9.91. The number of nitrogens with one attached hydrogen (secondary N) is 1. The maximum Gasteiger partial charge on any atom is 0.258 e. The first kappa shape index (κ1) is 22.2. The van der Waals surface area contributed by atoms with Gasteiger partial charge in [-0.15, -0.1) is 0 Å². The van der Waals surface area contributed by atoms with Crippen LogP contribution in [0, 0.1) is 0 Å². The Kier molecular flexibility index (Phi) is 7.86. The standard InChI is InChI=1S/C20H25ClN2O4S/c1-4-23(5-2)28(25,26)19-13-17(21)11-12-18(19)27-14-20(24)22-15(3)16-9-7-6-8-10-16/h6-13,15H,4-5,14H2,1-3H3,(H,22,24). The number of carbonyl (C=O) groups is 1. The smallest absolute Gasteiger partial charge is 0.258 e. The Balaban J connectivity index is 2.13.